The number of hydrogen-bond donors (Lipinski definition) is 0. The van der Waals surface area contributed by atoms with E-state index in [4.69, 9.17) is 0 Å². The number of benzene rings is 1. The van der Waals surface area contributed by atoms with E-state index < -0.39 is 0 Å². The molecule has 1 aromatic rings. The molecule has 0 aliphatic carbocycles. The maximum atomic E-state index is 13.0. The fourth-order valence-electron chi connectivity index (χ4n) is 3.92. The molecule has 1 amide bonds. The SMILES string of the molecule is CC1CCCN(C2CCC(=O)N(Cc3ccc(F)cc3)CC2)C1. The molecule has 2 aliphatic heterocycles. The maximum Gasteiger partial charge on any atom is 0.222 e. The van der Waals surface area contributed by atoms with E-state index in [1.807, 2.05) is 4.90 Å². The molecule has 2 unspecified atom stereocenters. The third kappa shape index (κ3) is 4.31. The second-order valence-electron chi connectivity index (χ2n) is 7.17. The number of rotatable bonds is 3. The number of carbonyl (C=O) groups excluding carboxylic acids is 1. The number of piperidine rings is 1. The minimum atomic E-state index is -0.227. The molecule has 1 aromatic carbocycles. The van der Waals surface area contributed by atoms with Gasteiger partial charge in [0, 0.05) is 32.1 Å². The molecule has 3 rings (SSSR count). The van der Waals surface area contributed by atoms with E-state index in [0.29, 0.717) is 19.0 Å². The Kier molecular flexibility index (Phi) is 5.31. The Labute approximate surface area is 138 Å². The van der Waals surface area contributed by atoms with Crippen LogP contribution in [-0.4, -0.2) is 41.4 Å². The first-order chi connectivity index (χ1) is 11.1. The van der Waals surface area contributed by atoms with Crippen LogP contribution < -0.4 is 0 Å². The molecule has 0 spiro atoms. The zero-order valence-corrected chi connectivity index (χ0v) is 14.0. The van der Waals surface area contributed by atoms with Crippen molar-refractivity contribution in [3.05, 3.63) is 35.6 Å². The van der Waals surface area contributed by atoms with Crippen molar-refractivity contribution in [1.29, 1.82) is 0 Å². The lowest BCUT2D eigenvalue weighted by molar-refractivity contribution is -0.131. The van der Waals surface area contributed by atoms with Gasteiger partial charge >= 0.3 is 0 Å². The first-order valence-electron chi connectivity index (χ1n) is 8.88. The predicted molar refractivity (Wildman–Crippen MR) is 89.4 cm³/mol. The molecule has 2 aliphatic rings. The lowest BCUT2D eigenvalue weighted by Crippen LogP contribution is -2.42. The van der Waals surface area contributed by atoms with E-state index in [1.165, 1.54) is 38.1 Å². The van der Waals surface area contributed by atoms with Crippen LogP contribution >= 0.6 is 0 Å². The van der Waals surface area contributed by atoms with E-state index in [2.05, 4.69) is 11.8 Å². The van der Waals surface area contributed by atoms with Crippen LogP contribution in [0, 0.1) is 11.7 Å². The van der Waals surface area contributed by atoms with Crippen LogP contribution in [0.2, 0.25) is 0 Å². The zero-order valence-electron chi connectivity index (χ0n) is 14.0. The topological polar surface area (TPSA) is 23.6 Å². The highest BCUT2D eigenvalue weighted by Crippen LogP contribution is 2.24. The summed E-state index contributed by atoms with van der Waals surface area (Å²) in [6.07, 6.45) is 5.28. The third-order valence-electron chi connectivity index (χ3n) is 5.27. The van der Waals surface area contributed by atoms with Gasteiger partial charge in [-0.15, -0.1) is 0 Å². The summed E-state index contributed by atoms with van der Waals surface area (Å²) in [4.78, 5) is 17.0. The number of hydrogen-bond acceptors (Lipinski definition) is 2. The monoisotopic (exact) mass is 318 g/mol. The average Bonchev–Trinajstić information content (AvgIpc) is 2.72. The summed E-state index contributed by atoms with van der Waals surface area (Å²) in [6, 6.07) is 7.03. The van der Waals surface area contributed by atoms with Crippen molar-refractivity contribution in [2.45, 2.75) is 51.6 Å². The molecule has 23 heavy (non-hydrogen) atoms. The van der Waals surface area contributed by atoms with Gasteiger partial charge in [0.1, 0.15) is 5.82 Å². The van der Waals surface area contributed by atoms with Crippen LogP contribution in [0.1, 0.15) is 44.6 Å². The molecule has 4 heteroatoms. The smallest absolute Gasteiger partial charge is 0.222 e. The molecule has 0 aromatic heterocycles. The molecule has 126 valence electrons. The average molecular weight is 318 g/mol. The quantitative estimate of drug-likeness (QED) is 0.852. The van der Waals surface area contributed by atoms with Crippen molar-refractivity contribution in [1.82, 2.24) is 9.80 Å². The Morgan fingerprint density at radius 1 is 1.13 bits per heavy atom. The molecular formula is C19H27FN2O. The first kappa shape index (κ1) is 16.4. The van der Waals surface area contributed by atoms with Crippen molar-refractivity contribution in [2.24, 2.45) is 5.92 Å². The van der Waals surface area contributed by atoms with Gasteiger partial charge in [-0.3, -0.25) is 4.79 Å². The number of amides is 1. The Morgan fingerprint density at radius 2 is 1.91 bits per heavy atom. The van der Waals surface area contributed by atoms with Gasteiger partial charge in [0.2, 0.25) is 5.91 Å². The Morgan fingerprint density at radius 3 is 2.65 bits per heavy atom. The molecule has 0 bridgehead atoms. The van der Waals surface area contributed by atoms with Crippen LogP contribution in [-0.2, 0) is 11.3 Å². The van der Waals surface area contributed by atoms with Gasteiger partial charge in [-0.1, -0.05) is 19.1 Å². The van der Waals surface area contributed by atoms with Crippen LogP contribution in [0.4, 0.5) is 4.39 Å². The molecular weight excluding hydrogens is 291 g/mol. The Bertz CT molecular complexity index is 531. The van der Waals surface area contributed by atoms with E-state index in [0.717, 1.165) is 30.9 Å². The van der Waals surface area contributed by atoms with Crippen LogP contribution in [0.5, 0.6) is 0 Å². The van der Waals surface area contributed by atoms with Crippen molar-refractivity contribution in [3.63, 3.8) is 0 Å². The summed E-state index contributed by atoms with van der Waals surface area (Å²) < 4.78 is 13.0. The van der Waals surface area contributed by atoms with Crippen molar-refractivity contribution in [2.75, 3.05) is 19.6 Å². The summed E-state index contributed by atoms with van der Waals surface area (Å²) in [5.41, 5.74) is 1.00. The summed E-state index contributed by atoms with van der Waals surface area (Å²) in [5, 5.41) is 0. The predicted octanol–water partition coefficient (Wildman–Crippen LogP) is 3.44. The summed E-state index contributed by atoms with van der Waals surface area (Å²) in [5.74, 6) is 0.787. The largest absolute Gasteiger partial charge is 0.338 e. The summed E-state index contributed by atoms with van der Waals surface area (Å²) in [6.45, 7) is 6.10. The van der Waals surface area contributed by atoms with Gasteiger partial charge < -0.3 is 9.80 Å². The van der Waals surface area contributed by atoms with Crippen molar-refractivity contribution in [3.8, 4) is 0 Å². The zero-order chi connectivity index (χ0) is 16.2. The minimum absolute atomic E-state index is 0.227. The molecule has 2 atom stereocenters. The number of likely N-dealkylation sites (tertiary alicyclic amines) is 2. The fourth-order valence-corrected chi connectivity index (χ4v) is 3.92. The van der Waals surface area contributed by atoms with Gasteiger partial charge in [0.15, 0.2) is 0 Å². The highest BCUT2D eigenvalue weighted by atomic mass is 19.1. The minimum Gasteiger partial charge on any atom is -0.338 e. The Hall–Kier alpha value is -1.42. The maximum absolute atomic E-state index is 13.0. The van der Waals surface area contributed by atoms with E-state index >= 15 is 0 Å². The number of halogens is 1. The molecule has 2 fully saturated rings. The van der Waals surface area contributed by atoms with Crippen LogP contribution in [0.15, 0.2) is 24.3 Å². The van der Waals surface area contributed by atoms with Crippen LogP contribution in [0.3, 0.4) is 0 Å². The lowest BCUT2D eigenvalue weighted by atomic mass is 9.96. The second-order valence-corrected chi connectivity index (χ2v) is 7.17. The summed E-state index contributed by atoms with van der Waals surface area (Å²) in [7, 11) is 0. The first-order valence-corrected chi connectivity index (χ1v) is 8.88. The number of nitrogens with zero attached hydrogens (tertiary/aromatic N) is 2. The molecule has 2 heterocycles. The molecule has 0 N–H and O–H groups in total. The third-order valence-corrected chi connectivity index (χ3v) is 5.27. The molecule has 2 saturated heterocycles. The van der Waals surface area contributed by atoms with Gasteiger partial charge in [0.25, 0.3) is 0 Å². The normalized spacial score (nSPS) is 27.0. The van der Waals surface area contributed by atoms with E-state index in [9.17, 15) is 9.18 Å². The van der Waals surface area contributed by atoms with Gasteiger partial charge in [-0.2, -0.15) is 0 Å². The van der Waals surface area contributed by atoms with E-state index in [1.54, 1.807) is 12.1 Å². The number of carbonyl (C=O) groups is 1. The lowest BCUT2D eigenvalue weighted by Gasteiger charge is -2.37. The highest BCUT2D eigenvalue weighted by molar-refractivity contribution is 5.76. The van der Waals surface area contributed by atoms with Gasteiger partial charge in [-0.25, -0.2) is 4.39 Å². The van der Waals surface area contributed by atoms with Crippen molar-refractivity contribution >= 4 is 5.91 Å². The summed E-state index contributed by atoms with van der Waals surface area (Å²) >= 11 is 0. The Balaban J connectivity index is 1.59. The molecule has 0 saturated carbocycles. The fraction of sp³-hybridized carbons (Fsp3) is 0.632. The standard InChI is InChI=1S/C19H27FN2O/c1-15-3-2-11-21(13-15)18-8-9-19(23)22(12-10-18)14-16-4-6-17(20)7-5-16/h4-7,15,18H,2-3,8-14H2,1H3. The van der Waals surface area contributed by atoms with Crippen LogP contribution in [0.25, 0.3) is 0 Å². The molecule has 3 nitrogen and oxygen atoms in total. The van der Waals surface area contributed by atoms with Crippen molar-refractivity contribution < 1.29 is 9.18 Å². The van der Waals surface area contributed by atoms with Gasteiger partial charge in [-0.05, 0) is 55.8 Å². The second kappa shape index (κ2) is 7.43. The van der Waals surface area contributed by atoms with E-state index in [-0.39, 0.29) is 11.7 Å². The van der Waals surface area contributed by atoms with Gasteiger partial charge in [0.05, 0.1) is 0 Å². The molecule has 0 radical (unpaired) electrons. The highest BCUT2D eigenvalue weighted by Gasteiger charge is 2.28.